The molecule has 2 aromatic heterocycles. The third-order valence-corrected chi connectivity index (χ3v) is 1.90. The van der Waals surface area contributed by atoms with Crippen molar-refractivity contribution in [2.75, 3.05) is 0 Å². The van der Waals surface area contributed by atoms with Crippen LogP contribution in [0.25, 0.3) is 11.0 Å². The Morgan fingerprint density at radius 3 is 3.08 bits per heavy atom. The van der Waals surface area contributed by atoms with Gasteiger partial charge in [0, 0.05) is 7.05 Å². The molecule has 12 heavy (non-hydrogen) atoms. The molecule has 0 N–H and O–H groups in total. The largest absolute Gasteiger partial charge is 0.273 e. The fraction of sp³-hybridized carbons (Fsp3) is 0.143. The molecule has 2 aromatic rings. The van der Waals surface area contributed by atoms with E-state index in [0.717, 1.165) is 6.20 Å². The summed E-state index contributed by atoms with van der Waals surface area (Å²) in [6, 6.07) is 0. The number of hydrogen-bond donors (Lipinski definition) is 0. The van der Waals surface area contributed by atoms with E-state index >= 15 is 0 Å². The molecule has 0 bridgehead atoms. The highest BCUT2D eigenvalue weighted by Crippen LogP contribution is 2.22. The Morgan fingerprint density at radius 1 is 1.58 bits per heavy atom. The third kappa shape index (κ3) is 0.956. The minimum absolute atomic E-state index is 0.0283. The maximum atomic E-state index is 12.8. The summed E-state index contributed by atoms with van der Waals surface area (Å²) in [6.45, 7) is 0. The molecule has 0 amide bonds. The van der Waals surface area contributed by atoms with Gasteiger partial charge in [-0.2, -0.15) is 5.10 Å². The van der Waals surface area contributed by atoms with Crippen molar-refractivity contribution in [3.63, 3.8) is 0 Å². The summed E-state index contributed by atoms with van der Waals surface area (Å²) >= 11 is 5.65. The molecule has 0 radical (unpaired) electrons. The van der Waals surface area contributed by atoms with Crippen molar-refractivity contribution < 1.29 is 4.39 Å². The van der Waals surface area contributed by atoms with E-state index in [9.17, 15) is 4.39 Å². The molecule has 0 saturated carbocycles. The van der Waals surface area contributed by atoms with E-state index in [1.807, 2.05) is 0 Å². The van der Waals surface area contributed by atoms with Gasteiger partial charge in [0.15, 0.2) is 5.82 Å². The fourth-order valence-corrected chi connectivity index (χ4v) is 1.21. The number of rotatable bonds is 0. The Hall–Kier alpha value is -1.16. The van der Waals surface area contributed by atoms with Gasteiger partial charge in [-0.05, 0) is 0 Å². The van der Waals surface area contributed by atoms with Gasteiger partial charge in [0.1, 0.15) is 16.1 Å². The first kappa shape index (κ1) is 7.49. The Balaban J connectivity index is 2.89. The second-order valence-corrected chi connectivity index (χ2v) is 2.83. The minimum atomic E-state index is -0.539. The van der Waals surface area contributed by atoms with Gasteiger partial charge in [0.2, 0.25) is 0 Å². The van der Waals surface area contributed by atoms with Crippen molar-refractivity contribution in [1.82, 2.24) is 14.8 Å². The molecule has 3 nitrogen and oxygen atoms in total. The van der Waals surface area contributed by atoms with Crippen molar-refractivity contribution in [1.29, 1.82) is 0 Å². The van der Waals surface area contributed by atoms with E-state index in [1.54, 1.807) is 17.9 Å². The molecule has 0 aliphatic heterocycles. The molecule has 62 valence electrons. The molecule has 2 rings (SSSR count). The Kier molecular flexibility index (Phi) is 1.51. The molecule has 0 aliphatic carbocycles. The third-order valence-electron chi connectivity index (χ3n) is 1.54. The quantitative estimate of drug-likeness (QED) is 0.626. The lowest BCUT2D eigenvalue weighted by Gasteiger charge is -1.91. The maximum Gasteiger partial charge on any atom is 0.162 e. The number of aryl methyl sites for hydroxylation is 1. The molecule has 0 saturated heterocycles. The summed E-state index contributed by atoms with van der Waals surface area (Å²) in [4.78, 5) is 3.82. The Bertz CT molecular complexity index is 437. The van der Waals surface area contributed by atoms with Gasteiger partial charge in [-0.3, -0.25) is 4.68 Å². The second-order valence-electron chi connectivity index (χ2n) is 2.46. The first-order valence-electron chi connectivity index (χ1n) is 3.32. The number of aromatic nitrogens is 3. The SMILES string of the molecule is Cn1cc2ncc(F)c(Cl)c2n1. The number of hydrogen-bond acceptors (Lipinski definition) is 2. The molecule has 0 spiro atoms. The number of pyridine rings is 1. The van der Waals surface area contributed by atoms with Crippen molar-refractivity contribution in [2.45, 2.75) is 0 Å². The topological polar surface area (TPSA) is 30.7 Å². The van der Waals surface area contributed by atoms with Crippen LogP contribution in [-0.4, -0.2) is 14.8 Å². The minimum Gasteiger partial charge on any atom is -0.273 e. The Labute approximate surface area is 72.8 Å². The van der Waals surface area contributed by atoms with Crippen LogP contribution in [0.2, 0.25) is 5.02 Å². The van der Waals surface area contributed by atoms with E-state index in [2.05, 4.69) is 10.1 Å². The van der Waals surface area contributed by atoms with Crippen LogP contribution in [-0.2, 0) is 7.05 Å². The zero-order chi connectivity index (χ0) is 8.72. The van der Waals surface area contributed by atoms with Crippen LogP contribution < -0.4 is 0 Å². The summed E-state index contributed by atoms with van der Waals surface area (Å²) in [5.74, 6) is -0.539. The standard InChI is InChI=1S/C7H5ClFN3/c1-12-3-5-7(11-12)6(8)4(9)2-10-5/h2-3H,1H3. The fourth-order valence-electron chi connectivity index (χ4n) is 1.02. The summed E-state index contributed by atoms with van der Waals surface area (Å²) in [5, 5.41) is 3.98. The predicted octanol–water partition coefficient (Wildman–Crippen LogP) is 1.76. The highest BCUT2D eigenvalue weighted by Gasteiger charge is 2.08. The van der Waals surface area contributed by atoms with Gasteiger partial charge in [0.05, 0.1) is 12.4 Å². The molecule has 0 fully saturated rings. The van der Waals surface area contributed by atoms with Crippen LogP contribution in [0, 0.1) is 5.82 Å². The van der Waals surface area contributed by atoms with Crippen molar-refractivity contribution in [3.8, 4) is 0 Å². The van der Waals surface area contributed by atoms with Crippen LogP contribution in [0.1, 0.15) is 0 Å². The molecule has 0 aromatic carbocycles. The highest BCUT2D eigenvalue weighted by molar-refractivity contribution is 6.34. The van der Waals surface area contributed by atoms with E-state index in [0.29, 0.717) is 11.0 Å². The smallest absolute Gasteiger partial charge is 0.162 e. The predicted molar refractivity (Wildman–Crippen MR) is 43.5 cm³/mol. The molecule has 0 unspecified atom stereocenters. The molecule has 2 heterocycles. The average Bonchev–Trinajstić information content (AvgIpc) is 2.39. The zero-order valence-corrected chi connectivity index (χ0v) is 7.01. The number of nitrogens with zero attached hydrogens (tertiary/aromatic N) is 3. The lowest BCUT2D eigenvalue weighted by molar-refractivity contribution is 0.624. The summed E-state index contributed by atoms with van der Waals surface area (Å²) in [6.07, 6.45) is 2.77. The molecular formula is C7H5ClFN3. The van der Waals surface area contributed by atoms with Crippen molar-refractivity contribution >= 4 is 22.6 Å². The monoisotopic (exact) mass is 185 g/mol. The van der Waals surface area contributed by atoms with E-state index < -0.39 is 5.82 Å². The van der Waals surface area contributed by atoms with Crippen LogP contribution in [0.5, 0.6) is 0 Å². The molecule has 5 heteroatoms. The van der Waals surface area contributed by atoms with Crippen LogP contribution in [0.3, 0.4) is 0 Å². The lowest BCUT2D eigenvalue weighted by atomic mass is 10.4. The summed E-state index contributed by atoms with van der Waals surface area (Å²) in [7, 11) is 1.73. The van der Waals surface area contributed by atoms with Crippen molar-refractivity contribution in [3.05, 3.63) is 23.2 Å². The van der Waals surface area contributed by atoms with E-state index in [1.165, 1.54) is 0 Å². The first-order chi connectivity index (χ1) is 5.68. The van der Waals surface area contributed by atoms with Crippen molar-refractivity contribution in [2.24, 2.45) is 7.05 Å². The van der Waals surface area contributed by atoms with Crippen LogP contribution in [0.4, 0.5) is 4.39 Å². The van der Waals surface area contributed by atoms with Gasteiger partial charge >= 0.3 is 0 Å². The molecular weight excluding hydrogens is 181 g/mol. The van der Waals surface area contributed by atoms with Gasteiger partial charge in [-0.15, -0.1) is 0 Å². The van der Waals surface area contributed by atoms with Gasteiger partial charge in [0.25, 0.3) is 0 Å². The normalized spacial score (nSPS) is 10.9. The van der Waals surface area contributed by atoms with E-state index in [-0.39, 0.29) is 5.02 Å². The lowest BCUT2D eigenvalue weighted by Crippen LogP contribution is -1.86. The molecule has 0 aliphatic rings. The zero-order valence-electron chi connectivity index (χ0n) is 6.25. The van der Waals surface area contributed by atoms with Crippen LogP contribution in [0.15, 0.2) is 12.4 Å². The van der Waals surface area contributed by atoms with E-state index in [4.69, 9.17) is 11.6 Å². The second kappa shape index (κ2) is 2.42. The number of fused-ring (bicyclic) bond motifs is 1. The van der Waals surface area contributed by atoms with Gasteiger partial charge < -0.3 is 0 Å². The van der Waals surface area contributed by atoms with Crippen LogP contribution >= 0.6 is 11.6 Å². The summed E-state index contributed by atoms with van der Waals surface area (Å²) in [5.41, 5.74) is 1.00. The van der Waals surface area contributed by atoms with Gasteiger partial charge in [-0.25, -0.2) is 9.37 Å². The average molecular weight is 186 g/mol. The maximum absolute atomic E-state index is 12.8. The summed E-state index contributed by atoms with van der Waals surface area (Å²) < 4.78 is 14.4. The highest BCUT2D eigenvalue weighted by atomic mass is 35.5. The number of halogens is 2. The first-order valence-corrected chi connectivity index (χ1v) is 3.69. The van der Waals surface area contributed by atoms with Gasteiger partial charge in [-0.1, -0.05) is 11.6 Å². The molecule has 0 atom stereocenters. The Morgan fingerprint density at radius 2 is 2.33 bits per heavy atom.